The van der Waals surface area contributed by atoms with Crippen molar-refractivity contribution in [3.05, 3.63) is 34.3 Å². The van der Waals surface area contributed by atoms with Gasteiger partial charge in [0.25, 0.3) is 0 Å². The monoisotopic (exact) mass is 196 g/mol. The lowest BCUT2D eigenvalue weighted by molar-refractivity contribution is -0.116. The molecule has 0 saturated carbocycles. The SMILES string of the molecule is CC(=O)CCc1cc(C)cc(Cl)c1. The number of Topliss-reactive ketones (excluding diaryl/α,β-unsaturated/α-hetero) is 1. The Morgan fingerprint density at radius 2 is 2.08 bits per heavy atom. The Labute approximate surface area is 83.7 Å². The van der Waals surface area contributed by atoms with E-state index in [-0.39, 0.29) is 5.78 Å². The Hall–Kier alpha value is -0.820. The third kappa shape index (κ3) is 3.60. The van der Waals surface area contributed by atoms with Crippen LogP contribution in [0.1, 0.15) is 24.5 Å². The van der Waals surface area contributed by atoms with E-state index in [0.717, 1.165) is 22.6 Å². The zero-order valence-corrected chi connectivity index (χ0v) is 8.69. The molecule has 0 saturated heterocycles. The summed E-state index contributed by atoms with van der Waals surface area (Å²) < 4.78 is 0. The minimum Gasteiger partial charge on any atom is -0.300 e. The average molecular weight is 197 g/mol. The minimum atomic E-state index is 0.220. The number of halogens is 1. The fourth-order valence-electron chi connectivity index (χ4n) is 1.28. The number of hydrogen-bond acceptors (Lipinski definition) is 1. The molecule has 0 unspecified atom stereocenters. The van der Waals surface area contributed by atoms with Gasteiger partial charge in [0.05, 0.1) is 0 Å². The van der Waals surface area contributed by atoms with Crippen LogP contribution in [0.15, 0.2) is 18.2 Å². The molecule has 1 aromatic rings. The van der Waals surface area contributed by atoms with Gasteiger partial charge >= 0.3 is 0 Å². The van der Waals surface area contributed by atoms with Crippen LogP contribution in [0.2, 0.25) is 5.02 Å². The van der Waals surface area contributed by atoms with Gasteiger partial charge in [0.15, 0.2) is 0 Å². The molecule has 0 aliphatic heterocycles. The van der Waals surface area contributed by atoms with Gasteiger partial charge in [-0.25, -0.2) is 0 Å². The molecule has 0 amide bonds. The first kappa shape index (κ1) is 10.3. The van der Waals surface area contributed by atoms with Gasteiger partial charge in [-0.15, -0.1) is 0 Å². The summed E-state index contributed by atoms with van der Waals surface area (Å²) in [7, 11) is 0. The van der Waals surface area contributed by atoms with Crippen molar-refractivity contribution in [2.24, 2.45) is 0 Å². The lowest BCUT2D eigenvalue weighted by Crippen LogP contribution is -1.94. The molecule has 70 valence electrons. The van der Waals surface area contributed by atoms with Gasteiger partial charge in [-0.2, -0.15) is 0 Å². The zero-order valence-electron chi connectivity index (χ0n) is 7.93. The molecule has 0 fully saturated rings. The molecular weight excluding hydrogens is 184 g/mol. The van der Waals surface area contributed by atoms with Crippen molar-refractivity contribution in [2.75, 3.05) is 0 Å². The molecule has 1 rings (SSSR count). The van der Waals surface area contributed by atoms with Gasteiger partial charge < -0.3 is 4.79 Å². The summed E-state index contributed by atoms with van der Waals surface area (Å²) in [6, 6.07) is 5.89. The van der Waals surface area contributed by atoms with Crippen LogP contribution in [0.3, 0.4) is 0 Å². The summed E-state index contributed by atoms with van der Waals surface area (Å²) >= 11 is 5.88. The van der Waals surface area contributed by atoms with Crippen molar-refractivity contribution in [3.8, 4) is 0 Å². The van der Waals surface area contributed by atoms with Gasteiger partial charge in [-0.1, -0.05) is 17.7 Å². The van der Waals surface area contributed by atoms with Crippen molar-refractivity contribution < 1.29 is 4.79 Å². The first-order chi connectivity index (χ1) is 6.08. The Bertz CT molecular complexity index is 298. The normalized spacial score (nSPS) is 10.1. The third-order valence-electron chi connectivity index (χ3n) is 1.87. The number of carbonyl (C=O) groups is 1. The maximum atomic E-state index is 10.8. The molecule has 1 aromatic carbocycles. The summed E-state index contributed by atoms with van der Waals surface area (Å²) in [6.45, 7) is 3.61. The lowest BCUT2D eigenvalue weighted by Gasteiger charge is -2.01. The van der Waals surface area contributed by atoms with E-state index in [0.29, 0.717) is 6.42 Å². The van der Waals surface area contributed by atoms with Crippen LogP contribution in [0, 0.1) is 6.92 Å². The predicted octanol–water partition coefficient (Wildman–Crippen LogP) is 3.17. The van der Waals surface area contributed by atoms with Crippen LogP contribution in [-0.2, 0) is 11.2 Å². The fraction of sp³-hybridized carbons (Fsp3) is 0.364. The Balaban J connectivity index is 2.71. The molecule has 0 heterocycles. The van der Waals surface area contributed by atoms with Crippen molar-refractivity contribution in [1.29, 1.82) is 0 Å². The first-order valence-electron chi connectivity index (χ1n) is 4.33. The van der Waals surface area contributed by atoms with Crippen molar-refractivity contribution in [1.82, 2.24) is 0 Å². The number of carbonyl (C=O) groups excluding carboxylic acids is 1. The second-order valence-electron chi connectivity index (χ2n) is 3.34. The van der Waals surface area contributed by atoms with Crippen LogP contribution in [0.4, 0.5) is 0 Å². The van der Waals surface area contributed by atoms with E-state index in [1.165, 1.54) is 0 Å². The van der Waals surface area contributed by atoms with Gasteiger partial charge in [0.1, 0.15) is 5.78 Å². The molecule has 0 bridgehead atoms. The molecule has 0 aliphatic rings. The highest BCUT2D eigenvalue weighted by Crippen LogP contribution is 2.15. The predicted molar refractivity (Wildman–Crippen MR) is 55.2 cm³/mol. The van der Waals surface area contributed by atoms with Crippen LogP contribution in [0.5, 0.6) is 0 Å². The molecule has 1 nitrogen and oxygen atoms in total. The van der Waals surface area contributed by atoms with E-state index in [4.69, 9.17) is 11.6 Å². The van der Waals surface area contributed by atoms with Gasteiger partial charge in [-0.05, 0) is 43.5 Å². The summed E-state index contributed by atoms with van der Waals surface area (Å²) in [4.78, 5) is 10.8. The molecule has 0 N–H and O–H groups in total. The van der Waals surface area contributed by atoms with Crippen molar-refractivity contribution in [3.63, 3.8) is 0 Å². The maximum absolute atomic E-state index is 10.8. The topological polar surface area (TPSA) is 17.1 Å². The van der Waals surface area contributed by atoms with E-state index < -0.39 is 0 Å². The Morgan fingerprint density at radius 1 is 1.38 bits per heavy atom. The summed E-state index contributed by atoms with van der Waals surface area (Å²) in [5.74, 6) is 0.220. The molecule has 0 radical (unpaired) electrons. The molecule has 0 aliphatic carbocycles. The van der Waals surface area contributed by atoms with Crippen LogP contribution < -0.4 is 0 Å². The van der Waals surface area contributed by atoms with Crippen LogP contribution in [-0.4, -0.2) is 5.78 Å². The Morgan fingerprint density at radius 3 is 2.62 bits per heavy atom. The molecule has 13 heavy (non-hydrogen) atoms. The minimum absolute atomic E-state index is 0.220. The second-order valence-corrected chi connectivity index (χ2v) is 3.78. The number of hydrogen-bond donors (Lipinski definition) is 0. The Kier molecular flexibility index (Phi) is 3.49. The average Bonchev–Trinajstić information content (AvgIpc) is 1.99. The number of aryl methyl sites for hydroxylation is 2. The third-order valence-corrected chi connectivity index (χ3v) is 2.09. The van der Waals surface area contributed by atoms with Crippen molar-refractivity contribution in [2.45, 2.75) is 26.7 Å². The summed E-state index contributed by atoms with van der Waals surface area (Å²) in [6.07, 6.45) is 1.39. The van der Waals surface area contributed by atoms with Crippen molar-refractivity contribution >= 4 is 17.4 Å². The van der Waals surface area contributed by atoms with E-state index in [1.807, 2.05) is 19.1 Å². The highest BCUT2D eigenvalue weighted by molar-refractivity contribution is 6.30. The maximum Gasteiger partial charge on any atom is 0.130 e. The number of benzene rings is 1. The molecule has 0 aromatic heterocycles. The largest absolute Gasteiger partial charge is 0.300 e. The van der Waals surface area contributed by atoms with Gasteiger partial charge in [0, 0.05) is 11.4 Å². The molecule has 2 heteroatoms. The van der Waals surface area contributed by atoms with E-state index in [9.17, 15) is 4.79 Å². The fourth-order valence-corrected chi connectivity index (χ4v) is 1.59. The number of ketones is 1. The van der Waals surface area contributed by atoms with E-state index in [2.05, 4.69) is 6.07 Å². The lowest BCUT2D eigenvalue weighted by atomic mass is 10.1. The standard InChI is InChI=1S/C11H13ClO/c1-8-5-10(4-3-9(2)13)7-11(12)6-8/h5-7H,3-4H2,1-2H3. The molecule has 0 spiro atoms. The summed E-state index contributed by atoms with van der Waals surface area (Å²) in [5.41, 5.74) is 2.28. The quantitative estimate of drug-likeness (QED) is 0.726. The molecular formula is C11H13ClO. The highest BCUT2D eigenvalue weighted by Gasteiger charge is 1.99. The number of rotatable bonds is 3. The highest BCUT2D eigenvalue weighted by atomic mass is 35.5. The smallest absolute Gasteiger partial charge is 0.130 e. The molecule has 0 atom stereocenters. The first-order valence-corrected chi connectivity index (χ1v) is 4.71. The van der Waals surface area contributed by atoms with E-state index in [1.54, 1.807) is 6.92 Å². The van der Waals surface area contributed by atoms with E-state index >= 15 is 0 Å². The van der Waals surface area contributed by atoms with Crippen LogP contribution in [0.25, 0.3) is 0 Å². The zero-order chi connectivity index (χ0) is 9.84. The van der Waals surface area contributed by atoms with Gasteiger partial charge in [-0.3, -0.25) is 0 Å². The second kappa shape index (κ2) is 4.43. The summed E-state index contributed by atoms with van der Waals surface area (Å²) in [5, 5.41) is 0.749. The van der Waals surface area contributed by atoms with Crippen LogP contribution >= 0.6 is 11.6 Å². The van der Waals surface area contributed by atoms with Gasteiger partial charge in [0.2, 0.25) is 0 Å².